The van der Waals surface area contributed by atoms with E-state index >= 15 is 0 Å². The third-order valence-electron chi connectivity index (χ3n) is 5.70. The number of benzene rings is 2. The molecule has 0 atom stereocenters. The molecule has 0 aliphatic carbocycles. The number of hydrogen-bond acceptors (Lipinski definition) is 8. The van der Waals surface area contributed by atoms with Crippen LogP contribution in [-0.4, -0.2) is 49.4 Å². The second kappa shape index (κ2) is 8.62. The molecule has 0 radical (unpaired) electrons. The van der Waals surface area contributed by atoms with Gasteiger partial charge in [0.15, 0.2) is 0 Å². The Kier molecular flexibility index (Phi) is 5.51. The number of nitrogens with one attached hydrogen (secondary N) is 2. The van der Waals surface area contributed by atoms with Crippen LogP contribution in [0.1, 0.15) is 27.2 Å². The van der Waals surface area contributed by atoms with Crippen molar-refractivity contribution >= 4 is 35.2 Å². The second-order valence-corrected chi connectivity index (χ2v) is 7.86. The van der Waals surface area contributed by atoms with Gasteiger partial charge >= 0.3 is 7.12 Å². The van der Waals surface area contributed by atoms with Gasteiger partial charge in [0.2, 0.25) is 5.91 Å². The molecule has 2 aromatic heterocycles. The summed E-state index contributed by atoms with van der Waals surface area (Å²) < 4.78 is 1.61. The van der Waals surface area contributed by atoms with E-state index in [1.54, 1.807) is 41.2 Å². The molecule has 0 saturated heterocycles. The lowest BCUT2D eigenvalue weighted by Crippen LogP contribution is -2.30. The van der Waals surface area contributed by atoms with Crippen molar-refractivity contribution in [1.82, 2.24) is 25.1 Å². The van der Waals surface area contributed by atoms with Gasteiger partial charge in [-0.25, -0.2) is 4.98 Å². The van der Waals surface area contributed by atoms with Gasteiger partial charge in [-0.05, 0) is 23.2 Å². The Morgan fingerprint density at radius 1 is 1.21 bits per heavy atom. The summed E-state index contributed by atoms with van der Waals surface area (Å²) in [6, 6.07) is 12.3. The second-order valence-electron chi connectivity index (χ2n) is 7.86. The minimum atomic E-state index is -1.52. The average Bonchev–Trinajstić information content (AvgIpc) is 3.26. The molecule has 3 heterocycles. The first-order valence-electron chi connectivity index (χ1n) is 10.6. The van der Waals surface area contributed by atoms with E-state index in [2.05, 4.69) is 15.7 Å². The standard InChI is InChI=1S/C22H22BN7O3/c24-20(31)15-5-2-6-19-16(15)12-27-30(19)22-28-18-7-8-25-11-17(18)21(29-22)26-10-13-3-1-4-14(9-13)23(32)33/h1-6,9,12,25,32-33H,7-8,10-11H2,(H2,24,31)(H,26,28,29). The highest BCUT2D eigenvalue weighted by Crippen LogP contribution is 2.25. The molecule has 1 amide bonds. The molecule has 11 heteroatoms. The third-order valence-corrected chi connectivity index (χ3v) is 5.70. The van der Waals surface area contributed by atoms with Crippen LogP contribution in [0.5, 0.6) is 0 Å². The number of anilines is 1. The van der Waals surface area contributed by atoms with Crippen LogP contribution < -0.4 is 21.8 Å². The predicted molar refractivity (Wildman–Crippen MR) is 124 cm³/mol. The lowest BCUT2D eigenvalue weighted by molar-refractivity contribution is 0.100. The molecule has 0 saturated carbocycles. The van der Waals surface area contributed by atoms with Gasteiger partial charge in [0.25, 0.3) is 5.95 Å². The smallest absolute Gasteiger partial charge is 0.423 e. The SMILES string of the molecule is NC(=O)c1cccc2c1cnn2-c1nc2c(c(NCc3cccc(B(O)O)c3)n1)CNCC2. The largest absolute Gasteiger partial charge is 0.488 e. The van der Waals surface area contributed by atoms with Gasteiger partial charge < -0.3 is 26.4 Å². The van der Waals surface area contributed by atoms with Crippen LogP contribution in [0, 0.1) is 0 Å². The molecule has 4 aromatic rings. The minimum Gasteiger partial charge on any atom is -0.423 e. The number of aromatic nitrogens is 4. The van der Waals surface area contributed by atoms with Crippen molar-refractivity contribution in [1.29, 1.82) is 0 Å². The van der Waals surface area contributed by atoms with Gasteiger partial charge in [-0.1, -0.05) is 30.3 Å². The first-order chi connectivity index (χ1) is 16.0. The molecule has 1 aliphatic rings. The van der Waals surface area contributed by atoms with Crippen LogP contribution in [-0.2, 0) is 19.5 Å². The Labute approximate surface area is 189 Å². The van der Waals surface area contributed by atoms with Crippen molar-refractivity contribution in [2.24, 2.45) is 5.73 Å². The van der Waals surface area contributed by atoms with Crippen molar-refractivity contribution in [3.05, 3.63) is 71.0 Å². The van der Waals surface area contributed by atoms with E-state index in [-0.39, 0.29) is 0 Å². The van der Waals surface area contributed by atoms with Crippen LogP contribution in [0.25, 0.3) is 16.9 Å². The Morgan fingerprint density at radius 2 is 2.06 bits per heavy atom. The minimum absolute atomic E-state index is 0.394. The van der Waals surface area contributed by atoms with Gasteiger partial charge in [-0.2, -0.15) is 14.8 Å². The zero-order chi connectivity index (χ0) is 22.9. The zero-order valence-corrected chi connectivity index (χ0v) is 17.7. The van der Waals surface area contributed by atoms with E-state index < -0.39 is 13.0 Å². The molecule has 0 fully saturated rings. The van der Waals surface area contributed by atoms with Gasteiger partial charge in [0, 0.05) is 37.0 Å². The maximum absolute atomic E-state index is 11.8. The summed E-state index contributed by atoms with van der Waals surface area (Å²) in [5.41, 5.74) is 9.82. The van der Waals surface area contributed by atoms with Crippen molar-refractivity contribution in [3.8, 4) is 5.95 Å². The fraction of sp³-hybridized carbons (Fsp3) is 0.182. The van der Waals surface area contributed by atoms with E-state index in [0.29, 0.717) is 46.8 Å². The molecular weight excluding hydrogens is 421 g/mol. The Morgan fingerprint density at radius 3 is 2.88 bits per heavy atom. The third kappa shape index (κ3) is 4.04. The number of nitrogens with two attached hydrogens (primary N) is 1. The molecule has 0 unspecified atom stereocenters. The van der Waals surface area contributed by atoms with Crippen LogP contribution in [0.15, 0.2) is 48.7 Å². The first kappa shape index (κ1) is 21.1. The Bertz CT molecular complexity index is 1360. The Balaban J connectivity index is 1.54. The van der Waals surface area contributed by atoms with Crippen molar-refractivity contribution in [2.75, 3.05) is 11.9 Å². The molecule has 0 bridgehead atoms. The summed E-state index contributed by atoms with van der Waals surface area (Å²) in [6.45, 7) is 1.89. The van der Waals surface area contributed by atoms with Crippen LogP contribution in [0.4, 0.5) is 5.82 Å². The maximum atomic E-state index is 11.8. The molecule has 2 aromatic carbocycles. The molecule has 1 aliphatic heterocycles. The summed E-state index contributed by atoms with van der Waals surface area (Å²) in [5.74, 6) is 0.552. The first-order valence-corrected chi connectivity index (χ1v) is 10.6. The van der Waals surface area contributed by atoms with Gasteiger partial charge in [-0.15, -0.1) is 0 Å². The lowest BCUT2D eigenvalue weighted by Gasteiger charge is -2.21. The van der Waals surface area contributed by atoms with Gasteiger partial charge in [0.05, 0.1) is 23.0 Å². The number of fused-ring (bicyclic) bond motifs is 2. The summed E-state index contributed by atoms with van der Waals surface area (Å²) in [6.07, 6.45) is 2.34. The van der Waals surface area contributed by atoms with E-state index in [4.69, 9.17) is 15.7 Å². The average molecular weight is 443 g/mol. The quantitative estimate of drug-likeness (QED) is 0.258. The zero-order valence-electron chi connectivity index (χ0n) is 17.7. The van der Waals surface area contributed by atoms with E-state index in [9.17, 15) is 14.8 Å². The number of amides is 1. The molecule has 0 spiro atoms. The molecule has 5 rings (SSSR count). The highest BCUT2D eigenvalue weighted by atomic mass is 16.4. The monoisotopic (exact) mass is 443 g/mol. The molecule has 10 nitrogen and oxygen atoms in total. The summed E-state index contributed by atoms with van der Waals surface area (Å²) in [4.78, 5) is 21.3. The van der Waals surface area contributed by atoms with Crippen LogP contribution in [0.2, 0.25) is 0 Å². The number of carbonyl (C=O) groups is 1. The molecule has 33 heavy (non-hydrogen) atoms. The van der Waals surface area contributed by atoms with E-state index in [0.717, 1.165) is 29.8 Å². The molecule has 166 valence electrons. The van der Waals surface area contributed by atoms with Crippen LogP contribution in [0.3, 0.4) is 0 Å². The number of hydrogen-bond donors (Lipinski definition) is 5. The number of carbonyl (C=O) groups excluding carboxylic acids is 1. The van der Waals surface area contributed by atoms with Crippen LogP contribution >= 0.6 is 0 Å². The fourth-order valence-electron chi connectivity index (χ4n) is 4.05. The summed E-state index contributed by atoms with van der Waals surface area (Å²) in [7, 11) is -1.52. The number of primary amides is 1. The topological polar surface area (TPSA) is 151 Å². The van der Waals surface area contributed by atoms with E-state index in [1.165, 1.54) is 0 Å². The van der Waals surface area contributed by atoms with Gasteiger partial charge in [-0.3, -0.25) is 4.79 Å². The highest BCUT2D eigenvalue weighted by Gasteiger charge is 2.20. The fourth-order valence-corrected chi connectivity index (χ4v) is 4.05. The molecular formula is C22H22BN7O3. The Hall–Kier alpha value is -3.80. The number of rotatable bonds is 6. The number of nitrogens with zero attached hydrogens (tertiary/aromatic N) is 4. The maximum Gasteiger partial charge on any atom is 0.488 e. The van der Waals surface area contributed by atoms with Gasteiger partial charge in [0.1, 0.15) is 5.82 Å². The highest BCUT2D eigenvalue weighted by molar-refractivity contribution is 6.58. The van der Waals surface area contributed by atoms with Crippen molar-refractivity contribution < 1.29 is 14.8 Å². The van der Waals surface area contributed by atoms with Crippen molar-refractivity contribution in [2.45, 2.75) is 19.5 Å². The van der Waals surface area contributed by atoms with E-state index in [1.807, 2.05) is 12.1 Å². The predicted octanol–water partition coefficient (Wildman–Crippen LogP) is -0.148. The van der Waals surface area contributed by atoms with Crippen molar-refractivity contribution in [3.63, 3.8) is 0 Å². The molecule has 6 N–H and O–H groups in total. The summed E-state index contributed by atoms with van der Waals surface area (Å²) in [5, 5.41) is 30.7. The lowest BCUT2D eigenvalue weighted by atomic mass is 9.79. The summed E-state index contributed by atoms with van der Waals surface area (Å²) >= 11 is 0. The normalized spacial score (nSPS) is 13.0.